The SMILES string of the molecule is CC(C)[C@H](N)C(=O)N(Cc1ccccc1)c1ccccc1. The van der Waals surface area contributed by atoms with Crippen LogP contribution in [0.3, 0.4) is 0 Å². The molecule has 2 aromatic rings. The Hall–Kier alpha value is -2.13. The van der Waals surface area contributed by atoms with E-state index in [4.69, 9.17) is 5.73 Å². The molecule has 2 aromatic carbocycles. The second-order valence-electron chi connectivity index (χ2n) is 5.52. The van der Waals surface area contributed by atoms with Crippen LogP contribution in [0.25, 0.3) is 0 Å². The molecule has 0 spiro atoms. The summed E-state index contributed by atoms with van der Waals surface area (Å²) in [7, 11) is 0. The van der Waals surface area contributed by atoms with Crippen molar-refractivity contribution in [2.24, 2.45) is 11.7 Å². The van der Waals surface area contributed by atoms with Gasteiger partial charge in [0.1, 0.15) is 0 Å². The zero-order valence-electron chi connectivity index (χ0n) is 12.6. The highest BCUT2D eigenvalue weighted by molar-refractivity contribution is 5.97. The molecule has 3 heteroatoms. The standard InChI is InChI=1S/C18H22N2O/c1-14(2)17(19)18(21)20(16-11-7-4-8-12-16)13-15-9-5-3-6-10-15/h3-12,14,17H,13,19H2,1-2H3/t17-/m0/s1. The van der Waals surface area contributed by atoms with Gasteiger partial charge < -0.3 is 10.6 Å². The predicted octanol–water partition coefficient (Wildman–Crippen LogP) is 3.20. The minimum Gasteiger partial charge on any atom is -0.320 e. The molecule has 1 atom stereocenters. The van der Waals surface area contributed by atoms with Crippen molar-refractivity contribution in [3.8, 4) is 0 Å². The lowest BCUT2D eigenvalue weighted by Crippen LogP contribution is -2.46. The lowest BCUT2D eigenvalue weighted by Gasteiger charge is -2.27. The predicted molar refractivity (Wildman–Crippen MR) is 86.9 cm³/mol. The molecule has 0 unspecified atom stereocenters. The number of anilines is 1. The third-order valence-electron chi connectivity index (χ3n) is 3.52. The number of benzene rings is 2. The van der Waals surface area contributed by atoms with Crippen molar-refractivity contribution < 1.29 is 4.79 Å². The third-order valence-corrected chi connectivity index (χ3v) is 3.52. The maximum atomic E-state index is 12.7. The molecule has 0 bridgehead atoms. The monoisotopic (exact) mass is 282 g/mol. The molecule has 0 saturated heterocycles. The van der Waals surface area contributed by atoms with Crippen LogP contribution in [0.1, 0.15) is 19.4 Å². The van der Waals surface area contributed by atoms with Crippen molar-refractivity contribution in [1.82, 2.24) is 0 Å². The van der Waals surface area contributed by atoms with Gasteiger partial charge in [-0.3, -0.25) is 4.79 Å². The number of amides is 1. The first kappa shape index (κ1) is 15.3. The first-order valence-corrected chi connectivity index (χ1v) is 7.25. The smallest absolute Gasteiger partial charge is 0.244 e. The third kappa shape index (κ3) is 3.92. The highest BCUT2D eigenvalue weighted by Gasteiger charge is 2.24. The van der Waals surface area contributed by atoms with Gasteiger partial charge in [-0.1, -0.05) is 62.4 Å². The van der Waals surface area contributed by atoms with Crippen molar-refractivity contribution in [3.63, 3.8) is 0 Å². The maximum Gasteiger partial charge on any atom is 0.244 e. The van der Waals surface area contributed by atoms with Gasteiger partial charge in [0.25, 0.3) is 0 Å². The summed E-state index contributed by atoms with van der Waals surface area (Å²) in [5, 5.41) is 0. The van der Waals surface area contributed by atoms with Crippen LogP contribution in [0.2, 0.25) is 0 Å². The summed E-state index contributed by atoms with van der Waals surface area (Å²) in [6.45, 7) is 4.46. The molecule has 0 fully saturated rings. The zero-order valence-corrected chi connectivity index (χ0v) is 12.6. The van der Waals surface area contributed by atoms with Crippen molar-refractivity contribution in [2.75, 3.05) is 4.90 Å². The van der Waals surface area contributed by atoms with Gasteiger partial charge in [0.05, 0.1) is 12.6 Å². The number of nitrogens with zero attached hydrogens (tertiary/aromatic N) is 1. The summed E-state index contributed by atoms with van der Waals surface area (Å²) < 4.78 is 0. The number of rotatable bonds is 5. The molecule has 0 aliphatic heterocycles. The van der Waals surface area contributed by atoms with E-state index < -0.39 is 6.04 Å². The fourth-order valence-corrected chi connectivity index (χ4v) is 2.14. The number of hydrogen-bond acceptors (Lipinski definition) is 2. The average molecular weight is 282 g/mol. The molecule has 0 aliphatic rings. The first-order valence-electron chi connectivity index (χ1n) is 7.25. The highest BCUT2D eigenvalue weighted by atomic mass is 16.2. The van der Waals surface area contributed by atoms with Crippen molar-refractivity contribution in [1.29, 1.82) is 0 Å². The summed E-state index contributed by atoms with van der Waals surface area (Å²) in [5.74, 6) is 0.0690. The van der Waals surface area contributed by atoms with Crippen LogP contribution in [0.4, 0.5) is 5.69 Å². The van der Waals surface area contributed by atoms with Crippen molar-refractivity contribution in [2.45, 2.75) is 26.4 Å². The van der Waals surface area contributed by atoms with E-state index in [2.05, 4.69) is 0 Å². The van der Waals surface area contributed by atoms with Gasteiger partial charge in [0.15, 0.2) is 0 Å². The number of nitrogens with two attached hydrogens (primary N) is 1. The van der Waals surface area contributed by atoms with Gasteiger partial charge >= 0.3 is 0 Å². The fourth-order valence-electron chi connectivity index (χ4n) is 2.14. The molecular formula is C18H22N2O. The molecule has 3 nitrogen and oxygen atoms in total. The average Bonchev–Trinajstić information content (AvgIpc) is 2.53. The van der Waals surface area contributed by atoms with E-state index >= 15 is 0 Å². The zero-order chi connectivity index (χ0) is 15.2. The van der Waals surface area contributed by atoms with E-state index in [-0.39, 0.29) is 11.8 Å². The molecule has 1 amide bonds. The minimum atomic E-state index is -0.492. The van der Waals surface area contributed by atoms with Crippen LogP contribution in [0.15, 0.2) is 60.7 Å². The summed E-state index contributed by atoms with van der Waals surface area (Å²) in [6, 6.07) is 19.2. The number of carbonyl (C=O) groups is 1. The van der Waals surface area contributed by atoms with Gasteiger partial charge in [0, 0.05) is 5.69 Å². The highest BCUT2D eigenvalue weighted by Crippen LogP contribution is 2.19. The molecule has 0 aromatic heterocycles. The summed E-state index contributed by atoms with van der Waals surface area (Å²) in [4.78, 5) is 14.5. The van der Waals surface area contributed by atoms with Gasteiger partial charge in [-0.05, 0) is 23.6 Å². The summed E-state index contributed by atoms with van der Waals surface area (Å²) in [6.07, 6.45) is 0. The second-order valence-corrected chi connectivity index (χ2v) is 5.52. The van der Waals surface area contributed by atoms with Crippen LogP contribution in [0, 0.1) is 5.92 Å². The van der Waals surface area contributed by atoms with Crippen LogP contribution < -0.4 is 10.6 Å². The molecule has 21 heavy (non-hydrogen) atoms. The Balaban J connectivity index is 2.29. The maximum absolute atomic E-state index is 12.7. The van der Waals surface area contributed by atoms with Crippen LogP contribution in [0.5, 0.6) is 0 Å². The Kier molecular flexibility index (Phi) is 5.12. The Labute approximate surface area is 126 Å². The molecule has 0 heterocycles. The van der Waals surface area contributed by atoms with E-state index in [1.54, 1.807) is 4.90 Å². The Morgan fingerprint density at radius 3 is 2.05 bits per heavy atom. The number of carbonyl (C=O) groups excluding carboxylic acids is 1. The van der Waals surface area contributed by atoms with Crippen molar-refractivity contribution >= 4 is 11.6 Å². The van der Waals surface area contributed by atoms with Crippen molar-refractivity contribution in [3.05, 3.63) is 66.2 Å². The van der Waals surface area contributed by atoms with Gasteiger partial charge in [-0.25, -0.2) is 0 Å². The van der Waals surface area contributed by atoms with E-state index in [1.165, 1.54) is 0 Å². The molecule has 2 rings (SSSR count). The van der Waals surface area contributed by atoms with Crippen LogP contribution in [-0.2, 0) is 11.3 Å². The molecule has 0 aliphatic carbocycles. The summed E-state index contributed by atoms with van der Waals surface area (Å²) >= 11 is 0. The quantitative estimate of drug-likeness (QED) is 0.915. The second kappa shape index (κ2) is 7.04. The Morgan fingerprint density at radius 2 is 1.52 bits per heavy atom. The van der Waals surface area contributed by atoms with Gasteiger partial charge in [-0.15, -0.1) is 0 Å². The van der Waals surface area contributed by atoms with Crippen LogP contribution in [-0.4, -0.2) is 11.9 Å². The Morgan fingerprint density at radius 1 is 1.00 bits per heavy atom. The van der Waals surface area contributed by atoms with E-state index in [9.17, 15) is 4.79 Å². The molecule has 0 saturated carbocycles. The molecule has 0 radical (unpaired) electrons. The lowest BCUT2D eigenvalue weighted by atomic mass is 10.0. The topological polar surface area (TPSA) is 46.3 Å². The van der Waals surface area contributed by atoms with E-state index in [1.807, 2.05) is 74.5 Å². The largest absolute Gasteiger partial charge is 0.320 e. The normalized spacial score (nSPS) is 12.2. The lowest BCUT2D eigenvalue weighted by molar-refractivity contribution is -0.120. The number of para-hydroxylation sites is 1. The number of hydrogen-bond donors (Lipinski definition) is 1. The fraction of sp³-hybridized carbons (Fsp3) is 0.278. The Bertz CT molecular complexity index is 566. The minimum absolute atomic E-state index is 0.0416. The summed E-state index contributed by atoms with van der Waals surface area (Å²) in [5.41, 5.74) is 8.03. The van der Waals surface area contributed by atoms with Gasteiger partial charge in [0.2, 0.25) is 5.91 Å². The van der Waals surface area contributed by atoms with Crippen LogP contribution >= 0.6 is 0 Å². The first-order chi connectivity index (χ1) is 10.1. The van der Waals surface area contributed by atoms with Gasteiger partial charge in [-0.2, -0.15) is 0 Å². The van der Waals surface area contributed by atoms with E-state index in [0.29, 0.717) is 6.54 Å². The van der Waals surface area contributed by atoms with E-state index in [0.717, 1.165) is 11.3 Å². The molecule has 2 N–H and O–H groups in total. The molecule has 110 valence electrons. The molecular weight excluding hydrogens is 260 g/mol.